The van der Waals surface area contributed by atoms with E-state index in [1.165, 1.54) is 31.5 Å². The normalized spacial score (nSPS) is 17.0. The Morgan fingerprint density at radius 2 is 1.83 bits per heavy atom. The fourth-order valence-corrected chi connectivity index (χ4v) is 3.68. The van der Waals surface area contributed by atoms with Crippen LogP contribution in [-0.4, -0.2) is 40.9 Å². The molecule has 24 heavy (non-hydrogen) atoms. The van der Waals surface area contributed by atoms with Gasteiger partial charge in [0.05, 0.1) is 0 Å². The quantitative estimate of drug-likeness (QED) is 0.783. The second kappa shape index (κ2) is 8.91. The minimum Gasteiger partial charge on any atom is -0.351 e. The lowest BCUT2D eigenvalue weighted by Crippen LogP contribution is -2.32. The number of thioether (sulfide) groups is 1. The fourth-order valence-electron chi connectivity index (χ4n) is 2.86. The monoisotopic (exact) mass is 348 g/mol. The van der Waals surface area contributed by atoms with Crippen LogP contribution in [0, 0.1) is 5.92 Å². The van der Waals surface area contributed by atoms with E-state index in [0.29, 0.717) is 6.54 Å². The molecule has 1 saturated heterocycles. The molecule has 0 unspecified atom stereocenters. The van der Waals surface area contributed by atoms with Crippen LogP contribution >= 0.6 is 11.8 Å². The summed E-state index contributed by atoms with van der Waals surface area (Å²) in [4.78, 5) is 14.7. The molecule has 1 aromatic carbocycles. The summed E-state index contributed by atoms with van der Waals surface area (Å²) in [6.07, 6.45) is 2.60. The first-order valence-corrected chi connectivity index (χ1v) is 10.1. The summed E-state index contributed by atoms with van der Waals surface area (Å²) in [5.74, 6) is 1.84. The van der Waals surface area contributed by atoms with Gasteiger partial charge in [-0.3, -0.25) is 9.69 Å². The highest BCUT2D eigenvalue weighted by molar-refractivity contribution is 8.00. The third kappa shape index (κ3) is 6.86. The summed E-state index contributed by atoms with van der Waals surface area (Å²) in [5, 5.41) is 3.01. The van der Waals surface area contributed by atoms with Crippen LogP contribution < -0.4 is 5.32 Å². The Kier molecular flexibility index (Phi) is 7.17. The molecule has 0 aromatic heterocycles. The van der Waals surface area contributed by atoms with Crippen molar-refractivity contribution in [3.05, 3.63) is 35.4 Å². The Balaban J connectivity index is 1.75. The van der Waals surface area contributed by atoms with E-state index in [-0.39, 0.29) is 10.7 Å². The van der Waals surface area contributed by atoms with Crippen molar-refractivity contribution in [3.8, 4) is 0 Å². The van der Waals surface area contributed by atoms with Crippen molar-refractivity contribution in [2.75, 3.05) is 25.4 Å². The highest BCUT2D eigenvalue weighted by atomic mass is 32.2. The molecule has 0 bridgehead atoms. The molecule has 0 atom stereocenters. The average Bonchev–Trinajstić information content (AvgIpc) is 2.53. The molecule has 0 aliphatic carbocycles. The Bertz CT molecular complexity index is 513. The van der Waals surface area contributed by atoms with Gasteiger partial charge in [0.1, 0.15) is 0 Å². The van der Waals surface area contributed by atoms with E-state index in [1.54, 1.807) is 0 Å². The lowest BCUT2D eigenvalue weighted by molar-refractivity contribution is 0.0956. The zero-order valence-electron chi connectivity index (χ0n) is 15.6. The third-order valence-corrected chi connectivity index (χ3v) is 5.70. The van der Waals surface area contributed by atoms with Crippen LogP contribution in [0.4, 0.5) is 0 Å². The summed E-state index contributed by atoms with van der Waals surface area (Å²) in [6, 6.07) is 8.09. The number of rotatable bonds is 6. The van der Waals surface area contributed by atoms with Gasteiger partial charge in [-0.05, 0) is 49.5 Å². The van der Waals surface area contributed by atoms with Crippen LogP contribution in [0.25, 0.3) is 0 Å². The first kappa shape index (κ1) is 19.3. The summed E-state index contributed by atoms with van der Waals surface area (Å²) in [6.45, 7) is 13.0. The number of nitrogens with one attached hydrogen (secondary N) is 1. The number of likely N-dealkylation sites (tertiary alicyclic amines) is 1. The van der Waals surface area contributed by atoms with E-state index in [1.807, 2.05) is 23.9 Å². The first-order chi connectivity index (χ1) is 11.3. The molecule has 1 aromatic rings. The zero-order chi connectivity index (χ0) is 17.6. The molecule has 4 heteroatoms. The predicted octanol–water partition coefficient (Wildman–Crippen LogP) is 4.18. The number of hydrogen-bond acceptors (Lipinski definition) is 3. The number of carbonyl (C=O) groups excluding carboxylic acids is 1. The number of hydrogen-bond donors (Lipinski definition) is 1. The Hall–Kier alpha value is -1.00. The molecule has 1 aliphatic heterocycles. The largest absolute Gasteiger partial charge is 0.351 e. The van der Waals surface area contributed by atoms with Gasteiger partial charge in [-0.15, -0.1) is 0 Å². The molecule has 1 aliphatic rings. The van der Waals surface area contributed by atoms with Crippen molar-refractivity contribution >= 4 is 17.7 Å². The molecule has 0 radical (unpaired) electrons. The van der Waals surface area contributed by atoms with E-state index in [0.717, 1.165) is 23.8 Å². The van der Waals surface area contributed by atoms with Crippen molar-refractivity contribution < 1.29 is 4.79 Å². The maximum atomic E-state index is 12.2. The van der Waals surface area contributed by atoms with Crippen LogP contribution in [0.1, 0.15) is 56.5 Å². The van der Waals surface area contributed by atoms with Gasteiger partial charge in [-0.25, -0.2) is 0 Å². The maximum Gasteiger partial charge on any atom is 0.251 e. The standard InChI is InChI=1S/C20H32N2OS/c1-16-9-12-22(13-10-16)15-17-5-7-18(8-6-17)19(23)21-11-14-24-20(2,3)4/h5-8,16H,9-15H2,1-4H3,(H,21,23). The molecule has 3 nitrogen and oxygen atoms in total. The number of benzene rings is 1. The lowest BCUT2D eigenvalue weighted by atomic mass is 9.99. The van der Waals surface area contributed by atoms with Crippen LogP contribution in [0.3, 0.4) is 0 Å². The Labute approximate surface area is 151 Å². The Morgan fingerprint density at radius 1 is 1.21 bits per heavy atom. The molecule has 1 heterocycles. The second-order valence-electron chi connectivity index (χ2n) is 7.87. The van der Waals surface area contributed by atoms with E-state index >= 15 is 0 Å². The van der Waals surface area contributed by atoms with E-state index in [2.05, 4.69) is 50.0 Å². The van der Waals surface area contributed by atoms with Crippen LogP contribution in [0.2, 0.25) is 0 Å². The minimum absolute atomic E-state index is 0.0304. The van der Waals surface area contributed by atoms with Crippen LogP contribution in [0.15, 0.2) is 24.3 Å². The summed E-state index contributed by atoms with van der Waals surface area (Å²) in [7, 11) is 0. The van der Waals surface area contributed by atoms with Crippen molar-refractivity contribution in [1.29, 1.82) is 0 Å². The summed E-state index contributed by atoms with van der Waals surface area (Å²) >= 11 is 1.87. The van der Waals surface area contributed by atoms with Crippen molar-refractivity contribution in [3.63, 3.8) is 0 Å². The summed E-state index contributed by atoms with van der Waals surface area (Å²) < 4.78 is 0.249. The molecular weight excluding hydrogens is 316 g/mol. The highest BCUT2D eigenvalue weighted by Crippen LogP contribution is 2.22. The minimum atomic E-state index is 0.0304. The number of nitrogens with zero attached hydrogens (tertiary/aromatic N) is 1. The average molecular weight is 349 g/mol. The van der Waals surface area contributed by atoms with Crippen molar-refractivity contribution in [2.24, 2.45) is 5.92 Å². The van der Waals surface area contributed by atoms with Crippen molar-refractivity contribution in [1.82, 2.24) is 10.2 Å². The number of piperidine rings is 1. The molecular formula is C20H32N2OS. The second-order valence-corrected chi connectivity index (χ2v) is 9.79. The maximum absolute atomic E-state index is 12.2. The Morgan fingerprint density at radius 3 is 2.42 bits per heavy atom. The third-order valence-electron chi connectivity index (χ3n) is 4.42. The molecule has 1 amide bonds. The topological polar surface area (TPSA) is 32.3 Å². The smallest absolute Gasteiger partial charge is 0.251 e. The van der Waals surface area contributed by atoms with Gasteiger partial charge in [-0.2, -0.15) is 11.8 Å². The van der Waals surface area contributed by atoms with E-state index < -0.39 is 0 Å². The lowest BCUT2D eigenvalue weighted by Gasteiger charge is -2.30. The van der Waals surface area contributed by atoms with Gasteiger partial charge in [0.15, 0.2) is 0 Å². The molecule has 0 spiro atoms. The fraction of sp³-hybridized carbons (Fsp3) is 0.650. The van der Waals surface area contributed by atoms with Gasteiger partial charge in [-0.1, -0.05) is 39.8 Å². The predicted molar refractivity (Wildman–Crippen MR) is 105 cm³/mol. The van der Waals surface area contributed by atoms with Gasteiger partial charge >= 0.3 is 0 Å². The SMILES string of the molecule is CC1CCN(Cc2ccc(C(=O)NCCSC(C)(C)C)cc2)CC1. The van der Waals surface area contributed by atoms with E-state index in [9.17, 15) is 4.79 Å². The highest BCUT2D eigenvalue weighted by Gasteiger charge is 2.16. The first-order valence-electron chi connectivity index (χ1n) is 9.07. The van der Waals surface area contributed by atoms with Gasteiger partial charge in [0.25, 0.3) is 5.91 Å². The molecule has 2 rings (SSSR count). The van der Waals surface area contributed by atoms with Gasteiger partial charge in [0, 0.05) is 29.2 Å². The molecule has 134 valence electrons. The van der Waals surface area contributed by atoms with Crippen LogP contribution in [-0.2, 0) is 6.54 Å². The van der Waals surface area contributed by atoms with Crippen molar-refractivity contribution in [2.45, 2.75) is 51.8 Å². The zero-order valence-corrected chi connectivity index (χ0v) is 16.4. The van der Waals surface area contributed by atoms with Crippen LogP contribution in [0.5, 0.6) is 0 Å². The van der Waals surface area contributed by atoms with Gasteiger partial charge in [0.2, 0.25) is 0 Å². The molecule has 0 saturated carbocycles. The number of carbonyl (C=O) groups is 1. The van der Waals surface area contributed by atoms with E-state index in [4.69, 9.17) is 0 Å². The van der Waals surface area contributed by atoms with Gasteiger partial charge < -0.3 is 5.32 Å². The number of amides is 1. The molecule has 1 N–H and O–H groups in total. The summed E-state index contributed by atoms with van der Waals surface area (Å²) in [5.41, 5.74) is 2.05. The molecule has 1 fully saturated rings.